The van der Waals surface area contributed by atoms with Crippen LogP contribution in [-0.2, 0) is 9.59 Å². The molecule has 0 N–H and O–H groups in total. The lowest BCUT2D eigenvalue weighted by molar-refractivity contribution is -0.124. The second-order valence-electron chi connectivity index (χ2n) is 9.78. The Balaban J connectivity index is 1.25. The predicted molar refractivity (Wildman–Crippen MR) is 109 cm³/mol. The molecular formula is C24H25N3O2. The van der Waals surface area contributed by atoms with E-state index in [1.165, 1.54) is 43.4 Å². The smallest absolute Gasteiger partial charge is 0.238 e. The summed E-state index contributed by atoms with van der Waals surface area (Å²) in [5.74, 6) is 1.55. The molecule has 1 aromatic heterocycles. The molecule has 6 unspecified atom stereocenters. The Kier molecular flexibility index (Phi) is 3.15. The van der Waals surface area contributed by atoms with Gasteiger partial charge in [-0.05, 0) is 61.1 Å². The molecule has 6 atom stereocenters. The summed E-state index contributed by atoms with van der Waals surface area (Å²) in [4.78, 5) is 32.8. The Morgan fingerprint density at radius 2 is 1.59 bits per heavy atom. The van der Waals surface area contributed by atoms with E-state index in [0.29, 0.717) is 23.6 Å². The molecule has 0 spiro atoms. The van der Waals surface area contributed by atoms with Gasteiger partial charge in [0.05, 0.1) is 34.9 Å². The molecule has 5 heteroatoms. The van der Waals surface area contributed by atoms with Crippen molar-refractivity contribution in [2.24, 2.45) is 35.5 Å². The summed E-state index contributed by atoms with van der Waals surface area (Å²) in [5.41, 5.74) is 2.69. The quantitative estimate of drug-likeness (QED) is 0.576. The number of allylic oxidation sites excluding steroid dienone is 2. The van der Waals surface area contributed by atoms with Gasteiger partial charge in [-0.1, -0.05) is 31.4 Å². The molecule has 29 heavy (non-hydrogen) atoms. The van der Waals surface area contributed by atoms with Crippen molar-refractivity contribution in [2.75, 3.05) is 4.90 Å². The Morgan fingerprint density at radius 1 is 0.897 bits per heavy atom. The minimum absolute atomic E-state index is 0.00997. The first-order valence-corrected chi connectivity index (χ1v) is 11.2. The molecule has 4 fully saturated rings. The van der Waals surface area contributed by atoms with Crippen LogP contribution in [0, 0.1) is 35.5 Å². The molecule has 2 heterocycles. The third-order valence-electron chi connectivity index (χ3n) is 8.45. The average Bonchev–Trinajstić information content (AvgIpc) is 3.42. The van der Waals surface area contributed by atoms with E-state index < -0.39 is 0 Å². The number of carbonyl (C=O) groups is 2. The highest BCUT2D eigenvalue weighted by Crippen LogP contribution is 2.65. The number of nitrogens with zero attached hydrogens (tertiary/aromatic N) is 3. The van der Waals surface area contributed by atoms with Crippen molar-refractivity contribution in [1.82, 2.24) is 9.55 Å². The maximum absolute atomic E-state index is 13.3. The molecule has 5 nitrogen and oxygen atoms in total. The highest BCUT2D eigenvalue weighted by atomic mass is 16.2. The molecule has 1 saturated heterocycles. The molecule has 1 aromatic carbocycles. The highest BCUT2D eigenvalue weighted by Gasteiger charge is 2.67. The summed E-state index contributed by atoms with van der Waals surface area (Å²) >= 11 is 0. The van der Waals surface area contributed by atoms with Gasteiger partial charge in [0.15, 0.2) is 0 Å². The molecular weight excluding hydrogens is 362 g/mol. The van der Waals surface area contributed by atoms with E-state index in [-0.39, 0.29) is 35.5 Å². The van der Waals surface area contributed by atoms with Crippen LogP contribution in [0.15, 0.2) is 36.7 Å². The number of fused-ring (bicyclic) bond motifs is 1. The van der Waals surface area contributed by atoms with Crippen LogP contribution in [0.4, 0.5) is 5.69 Å². The van der Waals surface area contributed by atoms with Crippen molar-refractivity contribution in [2.45, 2.75) is 44.6 Å². The lowest BCUT2D eigenvalue weighted by atomic mass is 9.63. The topological polar surface area (TPSA) is 55.2 Å². The SMILES string of the molecule is O=C1C2C3C=CC(C4CC34)C2C(=O)N1c1ccc2c(c1)ncn2C1CCCCC1. The van der Waals surface area contributed by atoms with Crippen LogP contribution in [0.5, 0.6) is 0 Å². The Bertz CT molecular complexity index is 1040. The zero-order chi connectivity index (χ0) is 19.3. The second kappa shape index (κ2) is 5.59. The van der Waals surface area contributed by atoms with Crippen molar-refractivity contribution in [3.8, 4) is 0 Å². The van der Waals surface area contributed by atoms with Gasteiger partial charge in [0.25, 0.3) is 0 Å². The van der Waals surface area contributed by atoms with E-state index in [0.717, 1.165) is 11.0 Å². The third-order valence-corrected chi connectivity index (χ3v) is 8.45. The third kappa shape index (κ3) is 2.08. The first kappa shape index (κ1) is 16.4. The molecule has 2 aromatic rings. The lowest BCUT2D eigenvalue weighted by Crippen LogP contribution is -2.40. The number of hydrogen-bond donors (Lipinski definition) is 0. The fraction of sp³-hybridized carbons (Fsp3) is 0.542. The first-order valence-electron chi connectivity index (χ1n) is 11.2. The van der Waals surface area contributed by atoms with Crippen LogP contribution in [0.1, 0.15) is 44.6 Å². The van der Waals surface area contributed by atoms with Gasteiger partial charge in [-0.2, -0.15) is 0 Å². The van der Waals surface area contributed by atoms with E-state index >= 15 is 0 Å². The Labute approximate surface area is 169 Å². The van der Waals surface area contributed by atoms with Crippen LogP contribution in [0.25, 0.3) is 11.0 Å². The number of amides is 2. The van der Waals surface area contributed by atoms with Crippen LogP contribution in [-0.4, -0.2) is 21.4 Å². The number of benzene rings is 1. The van der Waals surface area contributed by atoms with Crippen molar-refractivity contribution >= 4 is 28.5 Å². The number of carbonyl (C=O) groups excluding carboxylic acids is 2. The van der Waals surface area contributed by atoms with Gasteiger partial charge in [0.2, 0.25) is 11.8 Å². The van der Waals surface area contributed by atoms with E-state index in [4.69, 9.17) is 0 Å². The number of rotatable bonds is 2. The Hall–Kier alpha value is -2.43. The minimum Gasteiger partial charge on any atom is -0.327 e. The van der Waals surface area contributed by atoms with E-state index in [1.54, 1.807) is 0 Å². The molecule has 3 saturated carbocycles. The fourth-order valence-corrected chi connectivity index (χ4v) is 7.02. The van der Waals surface area contributed by atoms with Gasteiger partial charge < -0.3 is 4.57 Å². The predicted octanol–water partition coefficient (Wildman–Crippen LogP) is 4.10. The van der Waals surface area contributed by atoms with Crippen molar-refractivity contribution in [3.05, 3.63) is 36.7 Å². The average molecular weight is 387 g/mol. The van der Waals surface area contributed by atoms with Crippen LogP contribution >= 0.6 is 0 Å². The van der Waals surface area contributed by atoms with Crippen molar-refractivity contribution < 1.29 is 9.59 Å². The highest BCUT2D eigenvalue weighted by molar-refractivity contribution is 6.23. The van der Waals surface area contributed by atoms with Gasteiger partial charge in [-0.3, -0.25) is 9.59 Å². The normalized spacial score (nSPS) is 38.0. The van der Waals surface area contributed by atoms with Crippen LogP contribution in [0.2, 0.25) is 0 Å². The van der Waals surface area contributed by atoms with Gasteiger partial charge >= 0.3 is 0 Å². The molecule has 5 aliphatic carbocycles. The molecule has 1 aliphatic heterocycles. The summed E-state index contributed by atoms with van der Waals surface area (Å²) in [6, 6.07) is 6.47. The van der Waals surface area contributed by atoms with E-state index in [9.17, 15) is 9.59 Å². The lowest BCUT2D eigenvalue weighted by Gasteiger charge is -2.37. The number of imide groups is 1. The van der Waals surface area contributed by atoms with Crippen LogP contribution in [0.3, 0.4) is 0 Å². The maximum atomic E-state index is 13.3. The van der Waals surface area contributed by atoms with Gasteiger partial charge in [-0.15, -0.1) is 0 Å². The Morgan fingerprint density at radius 3 is 2.28 bits per heavy atom. The molecule has 2 amide bonds. The fourth-order valence-electron chi connectivity index (χ4n) is 7.02. The maximum Gasteiger partial charge on any atom is 0.238 e. The van der Waals surface area contributed by atoms with Crippen LogP contribution < -0.4 is 4.90 Å². The largest absolute Gasteiger partial charge is 0.327 e. The molecule has 0 radical (unpaired) electrons. The summed E-state index contributed by atoms with van der Waals surface area (Å²) < 4.78 is 2.29. The van der Waals surface area contributed by atoms with Crippen molar-refractivity contribution in [1.29, 1.82) is 0 Å². The molecule has 148 valence electrons. The minimum atomic E-state index is -0.142. The zero-order valence-electron chi connectivity index (χ0n) is 16.4. The summed E-state index contributed by atoms with van der Waals surface area (Å²) in [6.45, 7) is 0. The molecule has 6 aliphatic rings. The molecule has 2 bridgehead atoms. The summed E-state index contributed by atoms with van der Waals surface area (Å²) in [6.07, 6.45) is 13.9. The van der Waals surface area contributed by atoms with Gasteiger partial charge in [0.1, 0.15) is 0 Å². The number of hydrogen-bond acceptors (Lipinski definition) is 3. The monoisotopic (exact) mass is 387 g/mol. The van der Waals surface area contributed by atoms with E-state index in [1.807, 2.05) is 18.5 Å². The number of anilines is 1. The van der Waals surface area contributed by atoms with Gasteiger partial charge in [-0.25, -0.2) is 9.88 Å². The van der Waals surface area contributed by atoms with E-state index in [2.05, 4.69) is 27.8 Å². The van der Waals surface area contributed by atoms with Gasteiger partial charge in [0, 0.05) is 6.04 Å². The first-order chi connectivity index (χ1) is 14.2. The summed E-state index contributed by atoms with van der Waals surface area (Å²) in [7, 11) is 0. The van der Waals surface area contributed by atoms with Crippen molar-refractivity contribution in [3.63, 3.8) is 0 Å². The standard InChI is InChI=1S/C24H25N3O2/c28-23-21-15-7-8-16(18-11-17(15)18)22(21)24(29)27(23)14-6-9-20-19(10-14)25-12-26(20)13-4-2-1-3-5-13/h6-10,12-13,15-18,21-22H,1-5,11H2. The second-order valence-corrected chi connectivity index (χ2v) is 9.78. The molecule has 8 rings (SSSR count). The zero-order valence-corrected chi connectivity index (χ0v) is 16.4. The number of imidazole rings is 1. The number of aromatic nitrogens is 2. The summed E-state index contributed by atoms with van der Waals surface area (Å²) in [5, 5.41) is 0.